The van der Waals surface area contributed by atoms with Crippen LogP contribution in [0, 0.1) is 6.92 Å². The summed E-state index contributed by atoms with van der Waals surface area (Å²) in [6.07, 6.45) is 1.67. The van der Waals surface area contributed by atoms with Gasteiger partial charge in [0.25, 0.3) is 0 Å². The van der Waals surface area contributed by atoms with Gasteiger partial charge in [-0.25, -0.2) is 0 Å². The number of aromatic nitrogens is 3. The fourth-order valence-corrected chi connectivity index (χ4v) is 1.98. The van der Waals surface area contributed by atoms with Gasteiger partial charge in [0.05, 0.1) is 11.7 Å². The lowest BCUT2D eigenvalue weighted by Gasteiger charge is -2.05. The van der Waals surface area contributed by atoms with E-state index in [4.69, 9.17) is 4.74 Å². The van der Waals surface area contributed by atoms with Gasteiger partial charge in [-0.1, -0.05) is 0 Å². The Bertz CT molecular complexity index is 775. The standard InChI is InChI=1S/C15H13N3O2/c1-9-3-4-12(8-16-9)20-11-5-6-13-14(7-11)17-18-15(13)10(2)19/h3-8H,1-2H3,(H,17,18). The average molecular weight is 267 g/mol. The van der Waals surface area contributed by atoms with E-state index in [1.807, 2.05) is 37.3 Å². The molecule has 20 heavy (non-hydrogen) atoms. The van der Waals surface area contributed by atoms with Crippen molar-refractivity contribution >= 4 is 16.7 Å². The molecule has 5 nitrogen and oxygen atoms in total. The maximum absolute atomic E-state index is 11.4. The molecule has 0 bridgehead atoms. The number of fused-ring (bicyclic) bond motifs is 1. The van der Waals surface area contributed by atoms with Gasteiger partial charge in [-0.05, 0) is 31.2 Å². The van der Waals surface area contributed by atoms with E-state index in [1.165, 1.54) is 6.92 Å². The van der Waals surface area contributed by atoms with Crippen molar-refractivity contribution in [3.05, 3.63) is 47.9 Å². The van der Waals surface area contributed by atoms with Gasteiger partial charge < -0.3 is 4.74 Å². The lowest BCUT2D eigenvalue weighted by Crippen LogP contribution is -1.92. The van der Waals surface area contributed by atoms with Crippen LogP contribution in [0.25, 0.3) is 10.9 Å². The summed E-state index contributed by atoms with van der Waals surface area (Å²) in [6.45, 7) is 3.42. The molecule has 1 aromatic carbocycles. The quantitative estimate of drug-likeness (QED) is 0.739. The highest BCUT2D eigenvalue weighted by atomic mass is 16.5. The minimum atomic E-state index is -0.0624. The van der Waals surface area contributed by atoms with Crippen LogP contribution in [0.4, 0.5) is 0 Å². The molecule has 0 saturated heterocycles. The molecule has 100 valence electrons. The van der Waals surface area contributed by atoms with Crippen molar-refractivity contribution in [2.75, 3.05) is 0 Å². The van der Waals surface area contributed by atoms with Crippen LogP contribution in [-0.4, -0.2) is 21.0 Å². The third-order valence-electron chi connectivity index (χ3n) is 2.99. The number of aryl methyl sites for hydroxylation is 1. The van der Waals surface area contributed by atoms with Crippen LogP contribution in [0.2, 0.25) is 0 Å². The second kappa shape index (κ2) is 4.77. The fourth-order valence-electron chi connectivity index (χ4n) is 1.98. The van der Waals surface area contributed by atoms with E-state index in [-0.39, 0.29) is 5.78 Å². The van der Waals surface area contributed by atoms with Crippen molar-refractivity contribution in [2.45, 2.75) is 13.8 Å². The molecule has 0 radical (unpaired) electrons. The Labute approximate surface area is 115 Å². The molecule has 3 rings (SSSR count). The minimum absolute atomic E-state index is 0.0624. The van der Waals surface area contributed by atoms with Crippen molar-refractivity contribution in [3.63, 3.8) is 0 Å². The Hall–Kier alpha value is -2.69. The molecule has 0 aliphatic heterocycles. The summed E-state index contributed by atoms with van der Waals surface area (Å²) in [5.41, 5.74) is 2.16. The number of benzene rings is 1. The molecule has 0 unspecified atom stereocenters. The van der Waals surface area contributed by atoms with E-state index in [1.54, 1.807) is 6.20 Å². The van der Waals surface area contributed by atoms with Crippen molar-refractivity contribution in [1.82, 2.24) is 15.2 Å². The van der Waals surface area contributed by atoms with Gasteiger partial charge in [-0.15, -0.1) is 0 Å². The second-order valence-electron chi connectivity index (χ2n) is 4.57. The molecule has 0 fully saturated rings. The highest BCUT2D eigenvalue weighted by molar-refractivity contribution is 6.04. The van der Waals surface area contributed by atoms with Crippen molar-refractivity contribution < 1.29 is 9.53 Å². The molecule has 1 N–H and O–H groups in total. The monoisotopic (exact) mass is 267 g/mol. The van der Waals surface area contributed by atoms with E-state index >= 15 is 0 Å². The van der Waals surface area contributed by atoms with E-state index in [2.05, 4.69) is 15.2 Å². The summed E-state index contributed by atoms with van der Waals surface area (Å²) < 4.78 is 5.72. The number of pyridine rings is 1. The van der Waals surface area contributed by atoms with Gasteiger partial charge in [0.15, 0.2) is 5.78 Å². The average Bonchev–Trinajstić information content (AvgIpc) is 2.84. The topological polar surface area (TPSA) is 67.9 Å². The minimum Gasteiger partial charge on any atom is -0.456 e. The van der Waals surface area contributed by atoms with Gasteiger partial charge in [0.2, 0.25) is 0 Å². The molecule has 5 heteroatoms. The molecular formula is C15H13N3O2. The zero-order chi connectivity index (χ0) is 14.1. The van der Waals surface area contributed by atoms with Gasteiger partial charge >= 0.3 is 0 Å². The number of ether oxygens (including phenoxy) is 1. The molecule has 0 aliphatic carbocycles. The summed E-state index contributed by atoms with van der Waals surface area (Å²) in [6, 6.07) is 9.20. The van der Waals surface area contributed by atoms with Crippen LogP contribution in [0.3, 0.4) is 0 Å². The van der Waals surface area contributed by atoms with Crippen LogP contribution < -0.4 is 4.74 Å². The molecule has 2 heterocycles. The van der Waals surface area contributed by atoms with E-state index in [9.17, 15) is 4.79 Å². The SMILES string of the molecule is CC(=O)c1n[nH]c2cc(Oc3ccc(C)nc3)ccc12. The normalized spacial score (nSPS) is 10.7. The Balaban J connectivity index is 1.93. The first kappa shape index (κ1) is 12.3. The first-order valence-electron chi connectivity index (χ1n) is 6.23. The predicted molar refractivity (Wildman–Crippen MR) is 75.1 cm³/mol. The molecular weight excluding hydrogens is 254 g/mol. The number of rotatable bonds is 3. The smallest absolute Gasteiger partial charge is 0.180 e. The summed E-state index contributed by atoms with van der Waals surface area (Å²) in [4.78, 5) is 15.6. The van der Waals surface area contributed by atoms with Crippen LogP contribution in [0.5, 0.6) is 11.5 Å². The number of hydrogen-bond acceptors (Lipinski definition) is 4. The summed E-state index contributed by atoms with van der Waals surface area (Å²) in [7, 11) is 0. The van der Waals surface area contributed by atoms with Gasteiger partial charge in [-0.3, -0.25) is 14.9 Å². The lowest BCUT2D eigenvalue weighted by atomic mass is 10.1. The Morgan fingerprint density at radius 2 is 2.00 bits per heavy atom. The van der Waals surface area contributed by atoms with Gasteiger partial charge in [0, 0.05) is 24.1 Å². The van der Waals surface area contributed by atoms with E-state index in [0.29, 0.717) is 17.2 Å². The van der Waals surface area contributed by atoms with Crippen LogP contribution >= 0.6 is 0 Å². The Morgan fingerprint density at radius 1 is 1.20 bits per heavy atom. The highest BCUT2D eigenvalue weighted by Crippen LogP contribution is 2.26. The van der Waals surface area contributed by atoms with Gasteiger partial charge in [0.1, 0.15) is 17.2 Å². The second-order valence-corrected chi connectivity index (χ2v) is 4.57. The Kier molecular flexibility index (Phi) is 2.95. The van der Waals surface area contributed by atoms with E-state index < -0.39 is 0 Å². The number of carbonyl (C=O) groups is 1. The maximum atomic E-state index is 11.4. The van der Waals surface area contributed by atoms with Crippen LogP contribution in [0.15, 0.2) is 36.5 Å². The molecule has 0 aliphatic rings. The third kappa shape index (κ3) is 2.25. The lowest BCUT2D eigenvalue weighted by molar-refractivity contribution is 0.101. The zero-order valence-corrected chi connectivity index (χ0v) is 11.2. The van der Waals surface area contributed by atoms with Crippen LogP contribution in [-0.2, 0) is 0 Å². The number of hydrogen-bond donors (Lipinski definition) is 1. The number of H-pyrrole nitrogens is 1. The number of ketones is 1. The number of carbonyl (C=O) groups excluding carboxylic acids is 1. The van der Waals surface area contributed by atoms with Gasteiger partial charge in [-0.2, -0.15) is 5.10 Å². The summed E-state index contributed by atoms with van der Waals surface area (Å²) in [5.74, 6) is 1.27. The number of aromatic amines is 1. The summed E-state index contributed by atoms with van der Waals surface area (Å²) in [5, 5.41) is 7.65. The van der Waals surface area contributed by atoms with Crippen molar-refractivity contribution in [1.29, 1.82) is 0 Å². The Morgan fingerprint density at radius 3 is 2.70 bits per heavy atom. The van der Waals surface area contributed by atoms with E-state index in [0.717, 1.165) is 16.6 Å². The molecule has 0 saturated carbocycles. The number of nitrogens with one attached hydrogen (secondary N) is 1. The molecule has 0 amide bonds. The maximum Gasteiger partial charge on any atom is 0.180 e. The number of Topliss-reactive ketones (excluding diaryl/α,β-unsaturated/α-hetero) is 1. The van der Waals surface area contributed by atoms with Crippen molar-refractivity contribution in [3.8, 4) is 11.5 Å². The van der Waals surface area contributed by atoms with Crippen molar-refractivity contribution in [2.24, 2.45) is 0 Å². The first-order valence-corrected chi connectivity index (χ1v) is 6.23. The first-order chi connectivity index (χ1) is 9.63. The molecule has 0 atom stereocenters. The zero-order valence-electron chi connectivity index (χ0n) is 11.2. The molecule has 0 spiro atoms. The summed E-state index contributed by atoms with van der Waals surface area (Å²) >= 11 is 0. The largest absolute Gasteiger partial charge is 0.456 e. The molecule has 2 aromatic heterocycles. The molecule has 3 aromatic rings. The third-order valence-corrected chi connectivity index (χ3v) is 2.99. The fraction of sp³-hybridized carbons (Fsp3) is 0.133. The number of nitrogens with zero attached hydrogens (tertiary/aromatic N) is 2. The highest BCUT2D eigenvalue weighted by Gasteiger charge is 2.10. The predicted octanol–water partition coefficient (Wildman–Crippen LogP) is 3.26. The van der Waals surface area contributed by atoms with Crippen LogP contribution in [0.1, 0.15) is 23.1 Å².